The molecule has 3 nitrogen and oxygen atoms in total. The minimum absolute atomic E-state index is 0.184. The molecule has 0 unspecified atom stereocenters. The van der Waals surface area contributed by atoms with Gasteiger partial charge in [0.25, 0.3) is 0 Å². The van der Waals surface area contributed by atoms with Crippen molar-refractivity contribution in [2.24, 2.45) is 0 Å². The number of halogens is 2. The molecule has 0 aliphatic carbocycles. The maximum absolute atomic E-state index is 12.2. The minimum atomic E-state index is -0.184. The number of benzene rings is 1. The molecule has 0 aliphatic rings. The van der Waals surface area contributed by atoms with E-state index in [-0.39, 0.29) is 11.5 Å². The summed E-state index contributed by atoms with van der Waals surface area (Å²) in [5, 5.41) is 0. The van der Waals surface area contributed by atoms with Crippen LogP contribution in [0, 0.1) is 0 Å². The summed E-state index contributed by atoms with van der Waals surface area (Å²) in [6, 6.07) is 10.4. The minimum Gasteiger partial charge on any atom is -0.397 e. The molecule has 1 heterocycles. The Hall–Kier alpha value is -1.20. The van der Waals surface area contributed by atoms with Gasteiger partial charge in [-0.15, -0.1) is 0 Å². The van der Waals surface area contributed by atoms with Crippen LogP contribution in [0.5, 0.6) is 0 Å². The molecule has 0 amide bonds. The Labute approximate surface area is 115 Å². The van der Waals surface area contributed by atoms with E-state index in [0.29, 0.717) is 15.9 Å². The number of ketones is 1. The Morgan fingerprint density at radius 2 is 1.71 bits per heavy atom. The first-order valence-electron chi connectivity index (χ1n) is 4.80. The molecule has 0 radical (unpaired) electrons. The SMILES string of the molecule is Nc1ccc(Br)nc1C(=O)c1ccc(Br)cc1. The summed E-state index contributed by atoms with van der Waals surface area (Å²) < 4.78 is 1.51. The number of nitrogens with zero attached hydrogens (tertiary/aromatic N) is 1. The van der Waals surface area contributed by atoms with Crippen LogP contribution in [0.3, 0.4) is 0 Å². The number of aromatic nitrogens is 1. The van der Waals surface area contributed by atoms with Gasteiger partial charge in [-0.2, -0.15) is 0 Å². The molecule has 0 saturated carbocycles. The van der Waals surface area contributed by atoms with Crippen LogP contribution in [0.1, 0.15) is 16.1 Å². The summed E-state index contributed by atoms with van der Waals surface area (Å²) >= 11 is 6.54. The van der Waals surface area contributed by atoms with E-state index >= 15 is 0 Å². The van der Waals surface area contributed by atoms with Crippen LogP contribution in [0.15, 0.2) is 45.5 Å². The van der Waals surface area contributed by atoms with Crippen LogP contribution >= 0.6 is 31.9 Å². The van der Waals surface area contributed by atoms with E-state index < -0.39 is 0 Å². The number of nitrogens with two attached hydrogens (primary N) is 1. The number of hydrogen-bond donors (Lipinski definition) is 1. The average molecular weight is 356 g/mol. The number of pyridine rings is 1. The van der Waals surface area contributed by atoms with Crippen LogP contribution in [0.25, 0.3) is 0 Å². The smallest absolute Gasteiger partial charge is 0.213 e. The second kappa shape index (κ2) is 4.98. The maximum Gasteiger partial charge on any atom is 0.213 e. The van der Waals surface area contributed by atoms with Crippen molar-refractivity contribution < 1.29 is 4.79 Å². The van der Waals surface area contributed by atoms with Crippen LogP contribution < -0.4 is 5.73 Å². The first-order valence-corrected chi connectivity index (χ1v) is 6.39. The molecule has 2 rings (SSSR count). The summed E-state index contributed by atoms with van der Waals surface area (Å²) in [7, 11) is 0. The van der Waals surface area contributed by atoms with Crippen molar-refractivity contribution in [1.29, 1.82) is 0 Å². The number of nitrogen functional groups attached to an aromatic ring is 1. The Balaban J connectivity index is 2.43. The molecule has 0 saturated heterocycles. The highest BCUT2D eigenvalue weighted by atomic mass is 79.9. The molecule has 0 atom stereocenters. The van der Waals surface area contributed by atoms with Gasteiger partial charge in [0.2, 0.25) is 5.78 Å². The van der Waals surface area contributed by atoms with E-state index in [4.69, 9.17) is 5.73 Å². The molecule has 2 aromatic rings. The van der Waals surface area contributed by atoms with Crippen molar-refractivity contribution in [3.8, 4) is 0 Å². The Kier molecular flexibility index (Phi) is 3.59. The highest BCUT2D eigenvalue weighted by molar-refractivity contribution is 9.10. The van der Waals surface area contributed by atoms with Crippen LogP contribution in [-0.2, 0) is 0 Å². The van der Waals surface area contributed by atoms with Gasteiger partial charge < -0.3 is 5.73 Å². The lowest BCUT2D eigenvalue weighted by Gasteiger charge is -2.04. The van der Waals surface area contributed by atoms with Gasteiger partial charge >= 0.3 is 0 Å². The van der Waals surface area contributed by atoms with Gasteiger partial charge in [-0.1, -0.05) is 15.9 Å². The molecular formula is C12H8Br2N2O. The predicted octanol–water partition coefficient (Wildman–Crippen LogP) is 3.42. The lowest BCUT2D eigenvalue weighted by molar-refractivity contribution is 0.103. The van der Waals surface area contributed by atoms with E-state index in [1.165, 1.54) is 0 Å². The predicted molar refractivity (Wildman–Crippen MR) is 73.9 cm³/mol. The van der Waals surface area contributed by atoms with Gasteiger partial charge in [0.15, 0.2) is 0 Å². The van der Waals surface area contributed by atoms with E-state index in [1.54, 1.807) is 36.4 Å². The zero-order chi connectivity index (χ0) is 12.4. The lowest BCUT2D eigenvalue weighted by Crippen LogP contribution is -2.08. The fraction of sp³-hybridized carbons (Fsp3) is 0. The zero-order valence-corrected chi connectivity index (χ0v) is 11.8. The van der Waals surface area contributed by atoms with E-state index in [9.17, 15) is 4.79 Å². The number of anilines is 1. The molecule has 17 heavy (non-hydrogen) atoms. The molecule has 86 valence electrons. The third-order valence-electron chi connectivity index (χ3n) is 2.21. The molecule has 5 heteroatoms. The molecule has 2 N–H and O–H groups in total. The quantitative estimate of drug-likeness (QED) is 0.663. The van der Waals surface area contributed by atoms with Crippen LogP contribution in [0.2, 0.25) is 0 Å². The Morgan fingerprint density at radius 3 is 2.35 bits per heavy atom. The van der Waals surface area contributed by atoms with Gasteiger partial charge in [0, 0.05) is 10.0 Å². The third-order valence-corrected chi connectivity index (χ3v) is 3.18. The Bertz CT molecular complexity index is 567. The fourth-order valence-electron chi connectivity index (χ4n) is 1.37. The van der Waals surface area contributed by atoms with Gasteiger partial charge in [0.05, 0.1) is 5.69 Å². The number of carbonyl (C=O) groups is 1. The second-order valence-corrected chi connectivity index (χ2v) is 5.14. The van der Waals surface area contributed by atoms with Gasteiger partial charge in [0.1, 0.15) is 10.3 Å². The summed E-state index contributed by atoms with van der Waals surface area (Å²) in [5.74, 6) is -0.184. The average Bonchev–Trinajstić information content (AvgIpc) is 2.32. The number of hydrogen-bond acceptors (Lipinski definition) is 3. The first kappa shape index (κ1) is 12.3. The zero-order valence-electron chi connectivity index (χ0n) is 8.65. The van der Waals surface area contributed by atoms with Crippen molar-refractivity contribution in [2.75, 3.05) is 5.73 Å². The van der Waals surface area contributed by atoms with Crippen molar-refractivity contribution >= 4 is 43.3 Å². The highest BCUT2D eigenvalue weighted by Gasteiger charge is 2.14. The van der Waals surface area contributed by atoms with Crippen LogP contribution in [-0.4, -0.2) is 10.8 Å². The molecule has 0 spiro atoms. The molecule has 0 aliphatic heterocycles. The second-order valence-electron chi connectivity index (χ2n) is 3.41. The van der Waals surface area contributed by atoms with Crippen molar-refractivity contribution in [1.82, 2.24) is 4.98 Å². The van der Waals surface area contributed by atoms with E-state index in [0.717, 1.165) is 4.47 Å². The number of rotatable bonds is 2. The lowest BCUT2D eigenvalue weighted by atomic mass is 10.1. The Morgan fingerprint density at radius 1 is 1.06 bits per heavy atom. The number of carbonyl (C=O) groups excluding carboxylic acids is 1. The molecule has 1 aromatic heterocycles. The van der Waals surface area contributed by atoms with E-state index in [2.05, 4.69) is 36.8 Å². The highest BCUT2D eigenvalue weighted by Crippen LogP contribution is 2.19. The summed E-state index contributed by atoms with van der Waals surface area (Å²) in [5.41, 5.74) is 6.95. The summed E-state index contributed by atoms with van der Waals surface area (Å²) in [4.78, 5) is 16.3. The molecular weight excluding hydrogens is 348 g/mol. The topological polar surface area (TPSA) is 56.0 Å². The molecule has 0 bridgehead atoms. The van der Waals surface area contributed by atoms with Gasteiger partial charge in [-0.25, -0.2) is 4.98 Å². The summed E-state index contributed by atoms with van der Waals surface area (Å²) in [6.07, 6.45) is 0. The fourth-order valence-corrected chi connectivity index (χ4v) is 1.94. The standard InChI is InChI=1S/C12H8Br2N2O/c13-8-3-1-7(2-4-8)12(17)11-9(15)5-6-10(14)16-11/h1-6H,15H2. The normalized spacial score (nSPS) is 10.2. The van der Waals surface area contributed by atoms with E-state index in [1.807, 2.05) is 0 Å². The summed E-state index contributed by atoms with van der Waals surface area (Å²) in [6.45, 7) is 0. The van der Waals surface area contributed by atoms with Gasteiger partial charge in [-0.05, 0) is 52.3 Å². The van der Waals surface area contributed by atoms with Crippen molar-refractivity contribution in [2.45, 2.75) is 0 Å². The molecule has 0 fully saturated rings. The maximum atomic E-state index is 12.2. The van der Waals surface area contributed by atoms with Crippen LogP contribution in [0.4, 0.5) is 5.69 Å². The van der Waals surface area contributed by atoms with Crippen molar-refractivity contribution in [3.63, 3.8) is 0 Å². The van der Waals surface area contributed by atoms with Crippen molar-refractivity contribution in [3.05, 3.63) is 56.7 Å². The third kappa shape index (κ3) is 2.73. The molecule has 1 aromatic carbocycles. The first-order chi connectivity index (χ1) is 8.08. The largest absolute Gasteiger partial charge is 0.397 e. The monoisotopic (exact) mass is 354 g/mol. The van der Waals surface area contributed by atoms with Gasteiger partial charge in [-0.3, -0.25) is 4.79 Å².